The lowest BCUT2D eigenvalue weighted by Gasteiger charge is -2.43. The zero-order valence-corrected chi connectivity index (χ0v) is 21.6. The first-order valence-electron chi connectivity index (χ1n) is 11.8. The second-order valence-corrected chi connectivity index (χ2v) is 11.3. The molecule has 1 aromatic rings. The van der Waals surface area contributed by atoms with Gasteiger partial charge in [-0.1, -0.05) is 12.1 Å². The van der Waals surface area contributed by atoms with Crippen molar-refractivity contribution in [3.8, 4) is 0 Å². The summed E-state index contributed by atoms with van der Waals surface area (Å²) in [6.07, 6.45) is 1.84. The third kappa shape index (κ3) is 5.12. The first-order valence-corrected chi connectivity index (χ1v) is 12.7. The molecule has 1 aromatic carbocycles. The predicted molar refractivity (Wildman–Crippen MR) is 139 cm³/mol. The van der Waals surface area contributed by atoms with Crippen LogP contribution in [0.3, 0.4) is 0 Å². The topological polar surface area (TPSA) is 206 Å². The lowest BCUT2D eigenvalue weighted by molar-refractivity contribution is -0.161. The summed E-state index contributed by atoms with van der Waals surface area (Å²) >= 11 is 1.23. The van der Waals surface area contributed by atoms with Gasteiger partial charge in [0.1, 0.15) is 34.5 Å². The van der Waals surface area contributed by atoms with Gasteiger partial charge in [-0.3, -0.25) is 19.4 Å². The summed E-state index contributed by atoms with van der Waals surface area (Å²) in [4.78, 5) is 67.9. The van der Waals surface area contributed by atoms with Crippen molar-refractivity contribution in [1.82, 2.24) is 10.2 Å². The molecule has 13 nitrogen and oxygen atoms in total. The lowest BCUT2D eigenvalue weighted by atomic mass is 9.95. The van der Waals surface area contributed by atoms with Crippen molar-refractivity contribution in [2.45, 2.75) is 42.1 Å². The molecule has 3 aliphatic rings. The molecular formula is C25H26N4O9S. The third-order valence-corrected chi connectivity index (χ3v) is 8.05. The molecule has 2 saturated heterocycles. The Bertz CT molecular complexity index is 1340. The molecule has 39 heavy (non-hydrogen) atoms. The van der Waals surface area contributed by atoms with E-state index in [4.69, 9.17) is 5.11 Å². The molecule has 2 amide bonds. The number of nitrogens with one attached hydrogen (secondary N) is 2. The molecule has 6 N–H and O–H groups in total. The van der Waals surface area contributed by atoms with E-state index in [1.165, 1.54) is 28.8 Å². The van der Waals surface area contributed by atoms with E-state index in [2.05, 4.69) is 15.6 Å². The van der Waals surface area contributed by atoms with Crippen molar-refractivity contribution in [3.05, 3.63) is 53.3 Å². The highest BCUT2D eigenvalue weighted by Gasteiger charge is 2.64. The van der Waals surface area contributed by atoms with E-state index in [9.17, 15) is 39.3 Å². The van der Waals surface area contributed by atoms with Crippen molar-refractivity contribution in [2.24, 2.45) is 4.99 Å². The summed E-state index contributed by atoms with van der Waals surface area (Å²) in [5.74, 6) is -5.76. The number of fused-ring (bicyclic) bond motifs is 1. The lowest BCUT2D eigenvalue weighted by Crippen LogP contribution is -2.70. The molecule has 0 aromatic heterocycles. The Hall–Kier alpha value is -4.17. The molecule has 0 radical (unpaired) electrons. The number of hydrogen-bond acceptors (Lipinski definition) is 10. The van der Waals surface area contributed by atoms with Crippen molar-refractivity contribution in [1.29, 1.82) is 0 Å². The van der Waals surface area contributed by atoms with Crippen LogP contribution in [0.4, 0.5) is 5.69 Å². The molecular weight excluding hydrogens is 532 g/mol. The van der Waals surface area contributed by atoms with Crippen molar-refractivity contribution >= 4 is 52.7 Å². The number of nitrogens with zero attached hydrogens (tertiary/aromatic N) is 2. The van der Waals surface area contributed by atoms with E-state index in [1.807, 2.05) is 0 Å². The summed E-state index contributed by atoms with van der Waals surface area (Å²) in [5.41, 5.74) is -0.569. The van der Waals surface area contributed by atoms with Crippen LogP contribution in [0.15, 0.2) is 52.7 Å². The molecule has 0 spiro atoms. The van der Waals surface area contributed by atoms with E-state index < -0.39 is 74.8 Å². The highest BCUT2D eigenvalue weighted by Crippen LogP contribution is 2.50. The van der Waals surface area contributed by atoms with Gasteiger partial charge in [0.15, 0.2) is 6.04 Å². The number of aliphatic imine (C=N–C) groups is 1. The Morgan fingerprint density at radius 2 is 1.79 bits per heavy atom. The third-order valence-electron chi connectivity index (χ3n) is 6.48. The molecule has 2 aliphatic heterocycles. The van der Waals surface area contributed by atoms with Gasteiger partial charge in [0.05, 0.1) is 6.61 Å². The number of thioether (sulfide) groups is 1. The van der Waals surface area contributed by atoms with Gasteiger partial charge in [-0.2, -0.15) is 0 Å². The van der Waals surface area contributed by atoms with Crippen LogP contribution in [0.5, 0.6) is 0 Å². The van der Waals surface area contributed by atoms with Crippen LogP contribution in [-0.4, -0.2) is 95.9 Å². The van der Waals surface area contributed by atoms with E-state index in [-0.39, 0.29) is 18.7 Å². The fourth-order valence-electron chi connectivity index (χ4n) is 4.68. The molecule has 0 bridgehead atoms. The first-order chi connectivity index (χ1) is 18.4. The Morgan fingerprint density at radius 1 is 1.13 bits per heavy atom. The van der Waals surface area contributed by atoms with E-state index in [1.54, 1.807) is 26.0 Å². The van der Waals surface area contributed by atoms with Gasteiger partial charge in [-0.05, 0) is 43.7 Å². The molecule has 4 atom stereocenters. The molecule has 1 aliphatic carbocycles. The highest BCUT2D eigenvalue weighted by atomic mass is 32.2. The fraction of sp³-hybridized carbons (Fsp3) is 0.360. The van der Waals surface area contributed by atoms with Crippen LogP contribution in [0.1, 0.15) is 25.5 Å². The number of rotatable bonds is 9. The average Bonchev–Trinajstić information content (AvgIpc) is 3.14. The smallest absolute Gasteiger partial charge is 0.341 e. The van der Waals surface area contributed by atoms with Gasteiger partial charge in [0.2, 0.25) is 17.6 Å². The Labute approximate surface area is 226 Å². The number of β-lactam (4-membered cyclic amide) rings is 1. The van der Waals surface area contributed by atoms with Crippen LogP contribution in [-0.2, 0) is 24.0 Å². The quantitative estimate of drug-likeness (QED) is 0.179. The molecule has 0 unspecified atom stereocenters. The maximum Gasteiger partial charge on any atom is 0.341 e. The second kappa shape index (κ2) is 10.5. The molecule has 14 heteroatoms. The second-order valence-electron chi connectivity index (χ2n) is 9.50. The molecule has 2 heterocycles. The van der Waals surface area contributed by atoms with Crippen LogP contribution < -0.4 is 10.6 Å². The van der Waals surface area contributed by atoms with Crippen LogP contribution in [0.25, 0.3) is 0 Å². The van der Waals surface area contributed by atoms with Crippen LogP contribution in [0.2, 0.25) is 0 Å². The number of carboxylic acid groups (broad SMARTS) is 2. The number of benzene rings is 1. The van der Waals surface area contributed by atoms with E-state index in [0.717, 1.165) is 12.2 Å². The SMILES string of the molecule is CC1(C)S[C@@H]2[C@H](NC(=O)[C@H](N=C3C(=O)C=CC(O)=C3C(=O)O)c3ccc(NCCO)cc3)C(=O)N2[C@H]1C(=O)O. The zero-order chi connectivity index (χ0) is 28.6. The monoisotopic (exact) mass is 558 g/mol. The average molecular weight is 559 g/mol. The number of aliphatic carboxylic acids is 2. The van der Waals surface area contributed by atoms with Gasteiger partial charge in [0.25, 0.3) is 0 Å². The summed E-state index contributed by atoms with van der Waals surface area (Å²) in [7, 11) is 0. The zero-order valence-electron chi connectivity index (χ0n) is 20.8. The number of aliphatic hydroxyl groups excluding tert-OH is 2. The van der Waals surface area contributed by atoms with Gasteiger partial charge in [-0.15, -0.1) is 11.8 Å². The Morgan fingerprint density at radius 3 is 2.38 bits per heavy atom. The minimum absolute atomic E-state index is 0.116. The predicted octanol–water partition coefficient (Wildman–Crippen LogP) is 0.240. The minimum atomic E-state index is -1.62. The number of amides is 2. The summed E-state index contributed by atoms with van der Waals surface area (Å²) in [5, 5.41) is 43.2. The standard InChI is InChI=1S/C25H26N4O9S/c1-25(2)19(24(37)38)29-21(34)18(22(29)39-25)28-20(33)16(11-3-5-12(6-4-11)26-9-10-30)27-17-14(32)8-7-13(31)15(17)23(35)36/h3-8,16,18-19,22,26,30-31H,9-10H2,1-2H3,(H,28,33)(H,35,36)(H,37,38)/t16-,18-,19+,22-/m1/s1. The van der Waals surface area contributed by atoms with Gasteiger partial charge >= 0.3 is 11.9 Å². The molecule has 2 fully saturated rings. The Balaban J connectivity index is 1.68. The van der Waals surface area contributed by atoms with Crippen LogP contribution in [0, 0.1) is 0 Å². The fourth-order valence-corrected chi connectivity index (χ4v) is 6.30. The number of hydrogen-bond donors (Lipinski definition) is 6. The number of ketones is 1. The van der Waals surface area contributed by atoms with E-state index in [0.29, 0.717) is 5.69 Å². The van der Waals surface area contributed by atoms with E-state index >= 15 is 0 Å². The normalized spacial score (nSPS) is 25.3. The summed E-state index contributed by atoms with van der Waals surface area (Å²) in [6, 6.07) is 2.53. The highest BCUT2D eigenvalue weighted by molar-refractivity contribution is 8.01. The molecule has 4 rings (SSSR count). The molecule has 206 valence electrons. The number of anilines is 1. The number of allylic oxidation sites excluding steroid dienone is 2. The number of carbonyl (C=O) groups is 5. The summed E-state index contributed by atoms with van der Waals surface area (Å²) in [6.45, 7) is 3.54. The van der Waals surface area contributed by atoms with Crippen molar-refractivity contribution in [3.63, 3.8) is 0 Å². The number of carboxylic acids is 2. The van der Waals surface area contributed by atoms with Crippen molar-refractivity contribution < 1.29 is 44.4 Å². The van der Waals surface area contributed by atoms with Crippen LogP contribution >= 0.6 is 11.8 Å². The van der Waals surface area contributed by atoms with Gasteiger partial charge < -0.3 is 36.0 Å². The van der Waals surface area contributed by atoms with Crippen molar-refractivity contribution in [2.75, 3.05) is 18.5 Å². The number of aliphatic hydroxyl groups is 2. The Kier molecular flexibility index (Phi) is 7.52. The van der Waals surface area contributed by atoms with Gasteiger partial charge in [-0.25, -0.2) is 9.59 Å². The summed E-state index contributed by atoms with van der Waals surface area (Å²) < 4.78 is -0.817. The van der Waals surface area contributed by atoms with Gasteiger partial charge in [0, 0.05) is 17.0 Å². The number of carbonyl (C=O) groups excluding carboxylic acids is 3. The largest absolute Gasteiger partial charge is 0.507 e. The first kappa shape index (κ1) is 27.9. The minimum Gasteiger partial charge on any atom is -0.507 e. The molecule has 0 saturated carbocycles. The maximum atomic E-state index is 13.5. The maximum absolute atomic E-state index is 13.5.